The summed E-state index contributed by atoms with van der Waals surface area (Å²) in [5.41, 5.74) is 13.6. The van der Waals surface area contributed by atoms with E-state index in [-0.39, 0.29) is 43.6 Å². The van der Waals surface area contributed by atoms with Gasteiger partial charge < -0.3 is 126 Å². The number of ketones is 1. The van der Waals surface area contributed by atoms with Gasteiger partial charge in [-0.05, 0) is 93.1 Å². The lowest BCUT2D eigenvalue weighted by molar-refractivity contribution is -0.156. The maximum atomic E-state index is 15.0. The second-order valence-corrected chi connectivity index (χ2v) is 30.1. The standard InChI is InChI=1S/C81H107FN18O26/c1-5-6-7-8-9-10-11-22-62(104)92-53(27-43-35-86-50-20-15-13-17-46(43)50)75(119)95-54(30-61(84)103)76(120)97-57(33-68(113)114)77(121)100-70-42(4)126-81(125)58(29-60(102)47-18-12-14-19-49(47)83)98-80(124)69(40(2)26-65(107)108)99-78(122)59(39-101)93-64(106)37-88-72(116)55(31-66(109)110)94-71(115)41(3)90-74(118)56(32-67(111)112)96-73(117)52(91-63(105)38-89-79(70)123)21-16-25-85-34-44-36-87-51-24-23-45(82)28-48(44)51/h12-15,17-20,23-24,28,35-36,40-42,52-59,69-70,85-87,101H,5-11,16,21-22,25-27,29-34,37-39,83H2,1-4H3,(H2,84,103)(H,88,116)(H,89,123)(H,90,118)(H,91,105)(H,92,104)(H,93,106)(H,94,115)(H,95,119)(H,96,117)(H,97,120)(H,98,124)(H,99,122)(H,100,121)(H,107,108)(H,109,110)(H,111,112)(H,113,114). The van der Waals surface area contributed by atoms with Gasteiger partial charge in [-0.3, -0.25) is 91.1 Å². The predicted octanol–water partition coefficient (Wildman–Crippen LogP) is -3.17. The van der Waals surface area contributed by atoms with Crippen molar-refractivity contribution in [1.82, 2.24) is 84.4 Å². The Hall–Kier alpha value is -14.0. The Labute approximate surface area is 719 Å². The number of nitrogen functional groups attached to an aromatic ring is 1. The third-order valence-corrected chi connectivity index (χ3v) is 20.1. The number of halogens is 1. The summed E-state index contributed by atoms with van der Waals surface area (Å²) in [7, 11) is 0. The van der Waals surface area contributed by atoms with Gasteiger partial charge in [0.1, 0.15) is 78.4 Å². The number of amides is 14. The van der Waals surface area contributed by atoms with Crippen molar-refractivity contribution in [3.8, 4) is 0 Å². The summed E-state index contributed by atoms with van der Waals surface area (Å²) in [4.78, 5) is 283. The van der Waals surface area contributed by atoms with Crippen LogP contribution in [0.3, 0.4) is 0 Å². The minimum Gasteiger partial charge on any atom is -0.481 e. The molecule has 0 radical (unpaired) electrons. The van der Waals surface area contributed by atoms with Crippen molar-refractivity contribution in [2.24, 2.45) is 11.7 Å². The van der Waals surface area contributed by atoms with E-state index < -0.39 is 267 Å². The summed E-state index contributed by atoms with van der Waals surface area (Å²) >= 11 is 0. The maximum absolute atomic E-state index is 15.0. The smallest absolute Gasteiger partial charge is 0.329 e. The van der Waals surface area contributed by atoms with Crippen molar-refractivity contribution in [2.45, 2.75) is 216 Å². The zero-order valence-corrected chi connectivity index (χ0v) is 69.4. The van der Waals surface area contributed by atoms with Crippen LogP contribution in [0.1, 0.15) is 152 Å². The first-order valence-electron chi connectivity index (χ1n) is 40.5. The van der Waals surface area contributed by atoms with Crippen molar-refractivity contribution in [3.63, 3.8) is 0 Å². The molecule has 44 nitrogen and oxygen atoms in total. The van der Waals surface area contributed by atoms with Crippen LogP contribution in [0.2, 0.25) is 0 Å². The van der Waals surface area contributed by atoms with E-state index in [4.69, 9.17) is 16.2 Å². The van der Waals surface area contributed by atoms with Gasteiger partial charge in [0.25, 0.3) is 0 Å². The molecule has 45 heteroatoms. The second-order valence-electron chi connectivity index (χ2n) is 30.1. The number of fused-ring (bicyclic) bond motifs is 2. The number of nitrogens with two attached hydrogens (primary N) is 2. The molecule has 13 atom stereocenters. The van der Waals surface area contributed by atoms with E-state index in [1.54, 1.807) is 36.7 Å². The van der Waals surface area contributed by atoms with Crippen LogP contribution in [0.15, 0.2) is 79.1 Å². The average molecular weight is 1770 g/mol. The van der Waals surface area contributed by atoms with Gasteiger partial charge in [0.2, 0.25) is 82.7 Å². The number of hydrogen-bond donors (Lipinski definition) is 23. The first-order valence-corrected chi connectivity index (χ1v) is 40.5. The number of aliphatic carboxylic acids is 4. The minimum atomic E-state index is -2.48. The van der Waals surface area contributed by atoms with E-state index >= 15 is 4.79 Å². The number of rotatable bonds is 38. The number of hydrogen-bond acceptors (Lipinski definition) is 24. The number of aromatic nitrogens is 2. The minimum absolute atomic E-state index is 0.00386. The van der Waals surface area contributed by atoms with Crippen molar-refractivity contribution < 1.29 is 131 Å². The zero-order valence-electron chi connectivity index (χ0n) is 69.4. The number of aromatic amines is 2. The van der Waals surface area contributed by atoms with Gasteiger partial charge in [-0.25, -0.2) is 9.18 Å². The molecule has 13 unspecified atom stereocenters. The predicted molar refractivity (Wildman–Crippen MR) is 441 cm³/mol. The van der Waals surface area contributed by atoms with E-state index in [9.17, 15) is 121 Å². The molecule has 5 aromatic rings. The first-order chi connectivity index (χ1) is 59.7. The third-order valence-electron chi connectivity index (χ3n) is 20.1. The quantitative estimate of drug-likeness (QED) is 0.00802. The number of esters is 1. The molecule has 1 aliphatic rings. The highest BCUT2D eigenvalue weighted by atomic mass is 19.1. The molecule has 3 aromatic carbocycles. The molecule has 1 saturated heterocycles. The molecule has 684 valence electrons. The van der Waals surface area contributed by atoms with Crippen LogP contribution in [0, 0.1) is 11.7 Å². The van der Waals surface area contributed by atoms with Gasteiger partial charge in [0.05, 0.1) is 51.8 Å². The number of benzene rings is 3. The number of primary amides is 1. The largest absolute Gasteiger partial charge is 0.481 e. The molecule has 1 aliphatic heterocycles. The number of carboxylic acid groups (broad SMARTS) is 4. The van der Waals surface area contributed by atoms with Gasteiger partial charge in [-0.2, -0.15) is 0 Å². The summed E-state index contributed by atoms with van der Waals surface area (Å²) in [5.74, 6) is -30.6. The second kappa shape index (κ2) is 49.9. The number of para-hydroxylation sites is 2. The van der Waals surface area contributed by atoms with Gasteiger partial charge >= 0.3 is 29.8 Å². The molecule has 126 heavy (non-hydrogen) atoms. The fourth-order valence-electron chi connectivity index (χ4n) is 13.4. The average Bonchev–Trinajstić information content (AvgIpc) is 1.59. The Morgan fingerprint density at radius 2 is 1.10 bits per heavy atom. The lowest BCUT2D eigenvalue weighted by atomic mass is 9.96. The van der Waals surface area contributed by atoms with Crippen LogP contribution in [-0.2, 0) is 109 Å². The number of cyclic esters (lactones) is 1. The molecular formula is C81H107FN18O26. The highest BCUT2D eigenvalue weighted by molar-refractivity contribution is 6.05. The van der Waals surface area contributed by atoms with E-state index in [2.05, 4.69) is 75.4 Å². The third kappa shape index (κ3) is 32.7. The molecule has 0 saturated carbocycles. The van der Waals surface area contributed by atoms with E-state index in [1.807, 2.05) is 16.0 Å². The Kier molecular flexibility index (Phi) is 39.9. The number of carbonyl (C=O) groups is 20. The monoisotopic (exact) mass is 1770 g/mol. The SMILES string of the molecule is CCCCCCCCCC(=O)NC(Cc1c[nH]c2ccccc12)C(=O)NC(CC(N)=O)C(=O)NC(CC(=O)O)C(=O)NC1C(=O)NCC(=O)NC(CCCNCc2c[nH]c3ccc(F)cc23)C(=O)NC(CC(=O)O)C(=O)NC(C)C(=O)NC(CC(=O)O)C(=O)NCC(=O)NC(CO)C(=O)NC(C(C)CC(=O)O)C(=O)NC(CC(=O)c2ccccc2N)C(=O)OC1C. The Bertz CT molecular complexity index is 4810. The summed E-state index contributed by atoms with van der Waals surface area (Å²) in [6, 6.07) is -6.89. The van der Waals surface area contributed by atoms with Gasteiger partial charge in [-0.1, -0.05) is 82.7 Å². The van der Waals surface area contributed by atoms with Crippen LogP contribution in [0.4, 0.5) is 10.1 Å². The Balaban J connectivity index is 1.43. The summed E-state index contributed by atoms with van der Waals surface area (Å²) in [6.45, 7) is 1.30. The molecule has 1 fully saturated rings. The number of ether oxygens (including phenoxy) is 1. The molecule has 3 heterocycles. The van der Waals surface area contributed by atoms with Gasteiger partial charge in [0.15, 0.2) is 5.78 Å². The number of nitrogens with one attached hydrogen (secondary N) is 16. The molecule has 0 bridgehead atoms. The Morgan fingerprint density at radius 1 is 0.540 bits per heavy atom. The highest BCUT2D eigenvalue weighted by Crippen LogP contribution is 2.23. The van der Waals surface area contributed by atoms with Crippen molar-refractivity contribution in [1.29, 1.82) is 0 Å². The summed E-state index contributed by atoms with van der Waals surface area (Å²) < 4.78 is 20.1. The molecular weight excluding hydrogens is 1660 g/mol. The maximum Gasteiger partial charge on any atom is 0.329 e. The van der Waals surface area contributed by atoms with Crippen LogP contribution in [0.25, 0.3) is 21.8 Å². The number of Topliss-reactive ketones (excluding diaryl/α,β-unsaturated/α-hetero) is 1. The van der Waals surface area contributed by atoms with E-state index in [0.29, 0.717) is 45.8 Å². The molecule has 2 aromatic heterocycles. The fourth-order valence-corrected chi connectivity index (χ4v) is 13.4. The number of carbonyl (C=O) groups excluding carboxylic acids is 16. The number of unbranched alkanes of at least 4 members (excludes halogenated alkanes) is 6. The van der Waals surface area contributed by atoms with Crippen molar-refractivity contribution in [2.75, 3.05) is 32.0 Å². The highest BCUT2D eigenvalue weighted by Gasteiger charge is 2.41. The lowest BCUT2D eigenvalue weighted by Crippen LogP contribution is -2.62. The summed E-state index contributed by atoms with van der Waals surface area (Å²) in [5, 5.41) is 83.1. The topological polar surface area (TPSA) is 704 Å². The van der Waals surface area contributed by atoms with Crippen LogP contribution in [-0.4, -0.2) is 253 Å². The van der Waals surface area contributed by atoms with Gasteiger partial charge in [0, 0.05) is 71.3 Å². The van der Waals surface area contributed by atoms with E-state index in [0.717, 1.165) is 52.9 Å². The lowest BCUT2D eigenvalue weighted by Gasteiger charge is -2.30. The van der Waals surface area contributed by atoms with Crippen molar-refractivity contribution >= 4 is 146 Å². The molecule has 14 amide bonds. The number of aliphatic hydroxyl groups excluding tert-OH is 1. The number of anilines is 1. The summed E-state index contributed by atoms with van der Waals surface area (Å²) in [6.07, 6.45) is -0.981. The van der Waals surface area contributed by atoms with Gasteiger partial charge in [-0.15, -0.1) is 0 Å². The number of aliphatic hydroxyl groups is 1. The molecule has 25 N–H and O–H groups in total. The van der Waals surface area contributed by atoms with Crippen LogP contribution < -0.4 is 85.9 Å². The molecule has 0 spiro atoms. The first kappa shape index (κ1) is 101. The number of H-pyrrole nitrogens is 2. The van der Waals surface area contributed by atoms with Crippen molar-refractivity contribution in [3.05, 3.63) is 102 Å². The van der Waals surface area contributed by atoms with E-state index in [1.165, 1.54) is 42.5 Å². The van der Waals surface area contributed by atoms with Crippen LogP contribution in [0.5, 0.6) is 0 Å². The normalized spacial score (nSPS) is 20.4. The number of carboxylic acids is 4. The molecule has 6 rings (SSSR count). The molecule has 0 aliphatic carbocycles. The Morgan fingerprint density at radius 3 is 1.73 bits per heavy atom. The zero-order chi connectivity index (χ0) is 93.0. The fraction of sp³-hybridized carbons (Fsp3) is 0.481. The van der Waals surface area contributed by atoms with Crippen LogP contribution >= 0.6 is 0 Å².